The number of halogens is 3. The Bertz CT molecular complexity index is 1150. The van der Waals surface area contributed by atoms with Crippen molar-refractivity contribution in [1.29, 1.82) is 0 Å². The third-order valence-corrected chi connectivity index (χ3v) is 7.88. The standard InChI is InChI=1S/C25H29F3N2O5S/c1-2-35-24(32)20-11-14-29(15-12-20)23(31)13-16-30(18-19-7-4-3-5-8-19)36(33,34)22-10-6-9-21(17-22)25(26,27)28/h3-10,17,20H,2,11-16,18H2,1H3. The number of amides is 1. The molecule has 7 nitrogen and oxygen atoms in total. The zero-order valence-corrected chi connectivity index (χ0v) is 20.7. The topological polar surface area (TPSA) is 84.0 Å². The Kier molecular flexibility index (Phi) is 9.13. The first-order chi connectivity index (χ1) is 17.0. The van der Waals surface area contributed by atoms with Gasteiger partial charge in [-0.15, -0.1) is 0 Å². The summed E-state index contributed by atoms with van der Waals surface area (Å²) in [7, 11) is -4.33. The molecule has 1 amide bonds. The molecule has 3 rings (SSSR count). The van der Waals surface area contributed by atoms with Crippen LogP contribution < -0.4 is 0 Å². The van der Waals surface area contributed by atoms with Crippen molar-refractivity contribution in [2.75, 3.05) is 26.2 Å². The lowest BCUT2D eigenvalue weighted by Crippen LogP contribution is -2.42. The maximum absolute atomic E-state index is 13.4. The summed E-state index contributed by atoms with van der Waals surface area (Å²) in [5.41, 5.74) is -0.431. The normalized spacial score (nSPS) is 15.2. The van der Waals surface area contributed by atoms with Gasteiger partial charge in [0.2, 0.25) is 15.9 Å². The molecule has 1 aliphatic heterocycles. The Morgan fingerprint density at radius 2 is 1.72 bits per heavy atom. The lowest BCUT2D eigenvalue weighted by atomic mass is 9.97. The molecule has 0 unspecified atom stereocenters. The van der Waals surface area contributed by atoms with E-state index in [4.69, 9.17) is 4.74 Å². The van der Waals surface area contributed by atoms with Crippen molar-refractivity contribution in [3.8, 4) is 0 Å². The first-order valence-electron chi connectivity index (χ1n) is 11.7. The number of carbonyl (C=O) groups excluding carboxylic acids is 2. The van der Waals surface area contributed by atoms with E-state index >= 15 is 0 Å². The Hall–Kier alpha value is -2.92. The van der Waals surface area contributed by atoms with Crippen molar-refractivity contribution >= 4 is 21.9 Å². The predicted octanol–water partition coefficient (Wildman–Crippen LogP) is 4.09. The lowest BCUT2D eigenvalue weighted by Gasteiger charge is -2.31. The second-order valence-electron chi connectivity index (χ2n) is 8.51. The number of hydrogen-bond donors (Lipinski definition) is 0. The van der Waals surface area contributed by atoms with Crippen LogP contribution >= 0.6 is 0 Å². The fraction of sp³-hybridized carbons (Fsp3) is 0.440. The molecule has 0 bridgehead atoms. The molecule has 1 heterocycles. The van der Waals surface area contributed by atoms with Gasteiger partial charge in [-0.2, -0.15) is 17.5 Å². The maximum Gasteiger partial charge on any atom is 0.416 e. The number of nitrogens with zero attached hydrogens (tertiary/aromatic N) is 2. The van der Waals surface area contributed by atoms with Crippen LogP contribution in [0.3, 0.4) is 0 Å². The highest BCUT2D eigenvalue weighted by molar-refractivity contribution is 7.89. The average Bonchev–Trinajstić information content (AvgIpc) is 2.86. The van der Waals surface area contributed by atoms with Crippen molar-refractivity contribution in [2.45, 2.75) is 43.8 Å². The largest absolute Gasteiger partial charge is 0.466 e. The number of piperidine rings is 1. The number of benzene rings is 2. The molecule has 2 aromatic carbocycles. The number of ether oxygens (including phenoxy) is 1. The highest BCUT2D eigenvalue weighted by Gasteiger charge is 2.34. The van der Waals surface area contributed by atoms with Crippen molar-refractivity contribution in [2.24, 2.45) is 5.92 Å². The summed E-state index contributed by atoms with van der Waals surface area (Å²) in [4.78, 5) is 25.9. The molecule has 1 fully saturated rings. The Labute approximate surface area is 208 Å². The van der Waals surface area contributed by atoms with Crippen molar-refractivity contribution in [3.63, 3.8) is 0 Å². The van der Waals surface area contributed by atoms with E-state index in [0.29, 0.717) is 37.6 Å². The van der Waals surface area contributed by atoms with Gasteiger partial charge in [0.05, 0.1) is 23.0 Å². The van der Waals surface area contributed by atoms with Crippen LogP contribution in [0, 0.1) is 5.92 Å². The summed E-state index contributed by atoms with van der Waals surface area (Å²) in [6.45, 7) is 2.41. The first-order valence-corrected chi connectivity index (χ1v) is 13.1. The van der Waals surface area contributed by atoms with Gasteiger partial charge in [-0.25, -0.2) is 8.42 Å². The highest BCUT2D eigenvalue weighted by atomic mass is 32.2. The zero-order valence-electron chi connectivity index (χ0n) is 19.9. The van der Waals surface area contributed by atoms with E-state index in [1.807, 2.05) is 0 Å². The molecule has 2 aromatic rings. The number of sulfonamides is 1. The van der Waals surface area contributed by atoms with Crippen LogP contribution in [0.2, 0.25) is 0 Å². The van der Waals surface area contributed by atoms with E-state index in [9.17, 15) is 31.2 Å². The molecular formula is C25H29F3N2O5S. The SMILES string of the molecule is CCOC(=O)C1CCN(C(=O)CCN(Cc2ccccc2)S(=O)(=O)c2cccc(C(F)(F)F)c2)CC1. The predicted molar refractivity (Wildman–Crippen MR) is 126 cm³/mol. The van der Waals surface area contributed by atoms with Gasteiger partial charge in [0.25, 0.3) is 0 Å². The van der Waals surface area contributed by atoms with E-state index < -0.39 is 26.7 Å². The van der Waals surface area contributed by atoms with Gasteiger partial charge >= 0.3 is 12.1 Å². The van der Waals surface area contributed by atoms with Gasteiger partial charge in [0.1, 0.15) is 0 Å². The Balaban J connectivity index is 1.74. The molecule has 0 atom stereocenters. The first kappa shape index (κ1) is 27.7. The van der Waals surface area contributed by atoms with E-state index in [-0.39, 0.29) is 43.9 Å². The van der Waals surface area contributed by atoms with E-state index in [2.05, 4.69) is 0 Å². The zero-order chi connectivity index (χ0) is 26.3. The Morgan fingerprint density at radius 3 is 2.33 bits per heavy atom. The summed E-state index contributed by atoms with van der Waals surface area (Å²) in [6.07, 6.45) is -3.92. The quantitative estimate of drug-likeness (QED) is 0.460. The third kappa shape index (κ3) is 7.07. The number of esters is 1. The molecule has 0 spiro atoms. The van der Waals surface area contributed by atoms with Gasteiger partial charge in [-0.05, 0) is 43.5 Å². The van der Waals surface area contributed by atoms with Crippen LogP contribution in [0.1, 0.15) is 37.3 Å². The molecule has 0 aliphatic carbocycles. The molecule has 196 valence electrons. The number of alkyl halides is 3. The third-order valence-electron chi connectivity index (χ3n) is 6.04. The summed E-state index contributed by atoms with van der Waals surface area (Å²) in [5.74, 6) is -0.842. The molecule has 1 aliphatic rings. The van der Waals surface area contributed by atoms with Gasteiger partial charge in [0, 0.05) is 32.6 Å². The fourth-order valence-electron chi connectivity index (χ4n) is 4.06. The number of rotatable bonds is 9. The molecule has 1 saturated heterocycles. The van der Waals surface area contributed by atoms with Crippen LogP contribution in [-0.2, 0) is 37.1 Å². The lowest BCUT2D eigenvalue weighted by molar-refractivity contribution is -0.151. The molecule has 0 N–H and O–H groups in total. The molecule has 11 heteroatoms. The molecule has 0 saturated carbocycles. The highest BCUT2D eigenvalue weighted by Crippen LogP contribution is 2.31. The fourth-order valence-corrected chi connectivity index (χ4v) is 5.53. The number of likely N-dealkylation sites (tertiary alicyclic amines) is 1. The number of hydrogen-bond acceptors (Lipinski definition) is 5. The summed E-state index contributed by atoms with van der Waals surface area (Å²) >= 11 is 0. The molecule has 0 aromatic heterocycles. The van der Waals surface area contributed by atoms with E-state index in [1.54, 1.807) is 42.2 Å². The van der Waals surface area contributed by atoms with Gasteiger partial charge in [-0.3, -0.25) is 9.59 Å². The summed E-state index contributed by atoms with van der Waals surface area (Å²) < 4.78 is 72.4. The van der Waals surface area contributed by atoms with Gasteiger partial charge in [-0.1, -0.05) is 36.4 Å². The van der Waals surface area contributed by atoms with Crippen molar-refractivity contribution in [3.05, 3.63) is 65.7 Å². The van der Waals surface area contributed by atoms with Crippen LogP contribution in [0.25, 0.3) is 0 Å². The minimum absolute atomic E-state index is 0.0996. The van der Waals surface area contributed by atoms with Gasteiger partial charge in [0.15, 0.2) is 0 Å². The van der Waals surface area contributed by atoms with Crippen molar-refractivity contribution < 1.29 is 35.9 Å². The van der Waals surface area contributed by atoms with E-state index in [0.717, 1.165) is 22.5 Å². The monoisotopic (exact) mass is 526 g/mol. The average molecular weight is 527 g/mol. The second kappa shape index (κ2) is 11.9. The Morgan fingerprint density at radius 1 is 1.06 bits per heavy atom. The van der Waals surface area contributed by atoms with E-state index in [1.165, 1.54) is 0 Å². The van der Waals surface area contributed by atoms with Crippen LogP contribution in [0.15, 0.2) is 59.5 Å². The summed E-state index contributed by atoms with van der Waals surface area (Å²) in [5, 5.41) is 0. The van der Waals surface area contributed by atoms with Crippen molar-refractivity contribution in [1.82, 2.24) is 9.21 Å². The van der Waals surface area contributed by atoms with Crippen LogP contribution in [0.5, 0.6) is 0 Å². The smallest absolute Gasteiger partial charge is 0.416 e. The molecular weight excluding hydrogens is 497 g/mol. The molecule has 0 radical (unpaired) electrons. The second-order valence-corrected chi connectivity index (χ2v) is 10.4. The maximum atomic E-state index is 13.4. The minimum Gasteiger partial charge on any atom is -0.466 e. The molecule has 36 heavy (non-hydrogen) atoms. The summed E-state index contributed by atoms with van der Waals surface area (Å²) in [6, 6.07) is 12.2. The van der Waals surface area contributed by atoms with Crippen LogP contribution in [0.4, 0.5) is 13.2 Å². The number of carbonyl (C=O) groups is 2. The van der Waals surface area contributed by atoms with Crippen LogP contribution in [-0.4, -0.2) is 55.7 Å². The minimum atomic E-state index is -4.69. The van der Waals surface area contributed by atoms with Gasteiger partial charge < -0.3 is 9.64 Å².